The van der Waals surface area contributed by atoms with Crippen molar-refractivity contribution in [1.29, 1.82) is 0 Å². The van der Waals surface area contributed by atoms with Gasteiger partial charge in [-0.15, -0.1) is 0 Å². The highest BCUT2D eigenvalue weighted by molar-refractivity contribution is 6.69. The first kappa shape index (κ1) is 11.6. The molecule has 0 heterocycles. The van der Waals surface area contributed by atoms with E-state index >= 15 is 0 Å². The summed E-state index contributed by atoms with van der Waals surface area (Å²) in [6.45, 7) is 0. The van der Waals surface area contributed by atoms with Crippen LogP contribution in [0.3, 0.4) is 0 Å². The van der Waals surface area contributed by atoms with Crippen molar-refractivity contribution in [2.75, 3.05) is 0 Å². The van der Waals surface area contributed by atoms with Crippen molar-refractivity contribution in [2.45, 2.75) is 3.79 Å². The Bertz CT molecular complexity index is 338. The van der Waals surface area contributed by atoms with E-state index in [0.29, 0.717) is 5.56 Å². The van der Waals surface area contributed by atoms with Crippen molar-refractivity contribution < 1.29 is 4.79 Å². The lowest BCUT2D eigenvalue weighted by Gasteiger charge is -2.01. The molecule has 0 bridgehead atoms. The second kappa shape index (κ2) is 4.83. The van der Waals surface area contributed by atoms with Gasteiger partial charge in [0.25, 0.3) is 0 Å². The molecule has 0 fully saturated rings. The molecule has 1 nitrogen and oxygen atoms in total. The fraction of sp³-hybridized carbons (Fsp3) is 0.100. The number of carbonyl (C=O) groups excluding carboxylic acids is 1. The molecular weight excluding hydrogens is 242 g/mol. The SMILES string of the molecule is O=C(/C=C/C(Cl)(Cl)Cl)c1ccccc1. The normalized spacial score (nSPS) is 11.9. The third-order valence-electron chi connectivity index (χ3n) is 1.48. The van der Waals surface area contributed by atoms with Crippen molar-refractivity contribution >= 4 is 40.6 Å². The molecule has 0 atom stereocenters. The van der Waals surface area contributed by atoms with Gasteiger partial charge in [0.15, 0.2) is 5.78 Å². The minimum absolute atomic E-state index is 0.183. The molecule has 0 saturated carbocycles. The fourth-order valence-corrected chi connectivity index (χ4v) is 1.06. The molecule has 0 aliphatic heterocycles. The Morgan fingerprint density at radius 2 is 1.71 bits per heavy atom. The van der Waals surface area contributed by atoms with Crippen molar-refractivity contribution in [3.05, 3.63) is 48.0 Å². The smallest absolute Gasteiger partial charge is 0.209 e. The Kier molecular flexibility index (Phi) is 3.99. The van der Waals surface area contributed by atoms with Crippen molar-refractivity contribution in [1.82, 2.24) is 0 Å². The van der Waals surface area contributed by atoms with Gasteiger partial charge in [0.05, 0.1) is 0 Å². The van der Waals surface area contributed by atoms with Crippen LogP contribution in [0.25, 0.3) is 0 Å². The fourth-order valence-electron chi connectivity index (χ4n) is 0.869. The summed E-state index contributed by atoms with van der Waals surface area (Å²) in [6.07, 6.45) is 2.48. The maximum absolute atomic E-state index is 11.4. The summed E-state index contributed by atoms with van der Waals surface area (Å²) in [4.78, 5) is 11.4. The monoisotopic (exact) mass is 248 g/mol. The summed E-state index contributed by atoms with van der Waals surface area (Å²) < 4.78 is -1.52. The predicted octanol–water partition coefficient (Wildman–Crippen LogP) is 3.80. The van der Waals surface area contributed by atoms with Gasteiger partial charge >= 0.3 is 0 Å². The Labute approximate surface area is 97.3 Å². The zero-order valence-corrected chi connectivity index (χ0v) is 9.35. The van der Waals surface area contributed by atoms with Crippen molar-refractivity contribution in [3.8, 4) is 0 Å². The lowest BCUT2D eigenvalue weighted by molar-refractivity contribution is 0.104. The largest absolute Gasteiger partial charge is 0.289 e. The number of hydrogen-bond acceptors (Lipinski definition) is 1. The molecular formula is C10H7Cl3O. The summed E-state index contributed by atoms with van der Waals surface area (Å²) in [7, 11) is 0. The van der Waals surface area contributed by atoms with Gasteiger partial charge < -0.3 is 0 Å². The van der Waals surface area contributed by atoms with Crippen LogP contribution < -0.4 is 0 Å². The van der Waals surface area contributed by atoms with Gasteiger partial charge in [-0.1, -0.05) is 65.1 Å². The molecule has 1 aromatic carbocycles. The zero-order valence-electron chi connectivity index (χ0n) is 7.08. The standard InChI is InChI=1S/C10H7Cl3O/c11-10(12,13)7-6-9(14)8-4-2-1-3-5-8/h1-7H/b7-6+. The number of hydrogen-bond donors (Lipinski definition) is 0. The van der Waals surface area contributed by atoms with Crippen LogP contribution in [-0.2, 0) is 0 Å². The number of allylic oxidation sites excluding steroid dienone is 2. The average Bonchev–Trinajstić information content (AvgIpc) is 2.14. The van der Waals surface area contributed by atoms with Crippen LogP contribution in [0.15, 0.2) is 42.5 Å². The van der Waals surface area contributed by atoms with E-state index in [1.165, 1.54) is 12.2 Å². The number of benzene rings is 1. The molecule has 0 aliphatic rings. The highest BCUT2D eigenvalue weighted by atomic mass is 35.6. The van der Waals surface area contributed by atoms with Gasteiger partial charge in [0, 0.05) is 5.56 Å². The van der Waals surface area contributed by atoms with Gasteiger partial charge in [-0.05, 0) is 12.2 Å². The summed E-state index contributed by atoms with van der Waals surface area (Å²) in [5.74, 6) is -0.183. The molecule has 0 radical (unpaired) electrons. The number of ketones is 1. The Hall–Kier alpha value is -0.500. The second-order valence-corrected chi connectivity index (χ2v) is 4.97. The third-order valence-corrected chi connectivity index (χ3v) is 1.86. The van der Waals surface area contributed by atoms with Crippen LogP contribution in [0, 0.1) is 0 Å². The van der Waals surface area contributed by atoms with E-state index in [1.54, 1.807) is 24.3 Å². The molecule has 0 saturated heterocycles. The van der Waals surface area contributed by atoms with E-state index < -0.39 is 3.79 Å². The number of alkyl halides is 3. The number of rotatable bonds is 2. The van der Waals surface area contributed by atoms with Crippen molar-refractivity contribution in [3.63, 3.8) is 0 Å². The van der Waals surface area contributed by atoms with E-state index in [0.717, 1.165) is 0 Å². The maximum atomic E-state index is 11.4. The molecule has 1 rings (SSSR count). The summed E-state index contributed by atoms with van der Waals surface area (Å²) in [5, 5.41) is 0. The molecule has 74 valence electrons. The molecule has 1 aromatic rings. The van der Waals surface area contributed by atoms with E-state index in [9.17, 15) is 4.79 Å². The Morgan fingerprint density at radius 3 is 2.21 bits per heavy atom. The van der Waals surface area contributed by atoms with Crippen LogP contribution in [0.5, 0.6) is 0 Å². The van der Waals surface area contributed by atoms with Gasteiger partial charge in [0.2, 0.25) is 3.79 Å². The minimum atomic E-state index is -1.52. The lowest BCUT2D eigenvalue weighted by atomic mass is 10.1. The van der Waals surface area contributed by atoms with Crippen LogP contribution >= 0.6 is 34.8 Å². The first-order valence-electron chi connectivity index (χ1n) is 3.84. The quantitative estimate of drug-likeness (QED) is 0.443. The van der Waals surface area contributed by atoms with E-state index in [1.807, 2.05) is 6.07 Å². The highest BCUT2D eigenvalue weighted by Crippen LogP contribution is 2.27. The zero-order chi connectivity index (χ0) is 10.6. The molecule has 0 unspecified atom stereocenters. The van der Waals surface area contributed by atoms with Crippen molar-refractivity contribution in [2.24, 2.45) is 0 Å². The first-order chi connectivity index (χ1) is 6.49. The van der Waals surface area contributed by atoms with E-state index in [-0.39, 0.29) is 5.78 Å². The third kappa shape index (κ3) is 4.14. The molecule has 14 heavy (non-hydrogen) atoms. The van der Waals surface area contributed by atoms with Crippen LogP contribution in [0.1, 0.15) is 10.4 Å². The summed E-state index contributed by atoms with van der Waals surface area (Å²) in [6, 6.07) is 8.78. The van der Waals surface area contributed by atoms with Crippen LogP contribution in [-0.4, -0.2) is 9.58 Å². The molecule has 0 N–H and O–H groups in total. The van der Waals surface area contributed by atoms with Crippen LogP contribution in [0.4, 0.5) is 0 Å². The van der Waals surface area contributed by atoms with E-state index in [2.05, 4.69) is 0 Å². The second-order valence-electron chi connectivity index (χ2n) is 2.61. The van der Waals surface area contributed by atoms with Gasteiger partial charge in [-0.2, -0.15) is 0 Å². The molecule has 0 aliphatic carbocycles. The van der Waals surface area contributed by atoms with Gasteiger partial charge in [-0.3, -0.25) is 4.79 Å². The summed E-state index contributed by atoms with van der Waals surface area (Å²) in [5.41, 5.74) is 0.568. The minimum Gasteiger partial charge on any atom is -0.289 e. The maximum Gasteiger partial charge on any atom is 0.209 e. The lowest BCUT2D eigenvalue weighted by Crippen LogP contribution is -1.99. The topological polar surface area (TPSA) is 17.1 Å². The van der Waals surface area contributed by atoms with E-state index in [4.69, 9.17) is 34.8 Å². The summed E-state index contributed by atoms with van der Waals surface area (Å²) >= 11 is 16.4. The highest BCUT2D eigenvalue weighted by Gasteiger charge is 2.14. The molecule has 0 spiro atoms. The molecule has 0 amide bonds. The number of carbonyl (C=O) groups is 1. The Balaban J connectivity index is 2.74. The number of halogens is 3. The average molecular weight is 250 g/mol. The predicted molar refractivity (Wildman–Crippen MR) is 60.2 cm³/mol. The molecule has 4 heteroatoms. The van der Waals surface area contributed by atoms with Crippen LogP contribution in [0.2, 0.25) is 0 Å². The van der Waals surface area contributed by atoms with Gasteiger partial charge in [-0.25, -0.2) is 0 Å². The Morgan fingerprint density at radius 1 is 1.14 bits per heavy atom. The van der Waals surface area contributed by atoms with Gasteiger partial charge in [0.1, 0.15) is 0 Å². The molecule has 0 aromatic heterocycles. The first-order valence-corrected chi connectivity index (χ1v) is 4.98.